The third-order valence-electron chi connectivity index (χ3n) is 3.81. The Balaban J connectivity index is 1.90. The van der Waals surface area contributed by atoms with Crippen LogP contribution in [0.15, 0.2) is 41.4 Å². The Kier molecular flexibility index (Phi) is 4.13. The first-order valence-electron chi connectivity index (χ1n) is 7.24. The van der Waals surface area contributed by atoms with Gasteiger partial charge in [0.1, 0.15) is 0 Å². The van der Waals surface area contributed by atoms with Crippen LogP contribution in [0.1, 0.15) is 36.6 Å². The van der Waals surface area contributed by atoms with E-state index in [9.17, 15) is 0 Å². The van der Waals surface area contributed by atoms with Gasteiger partial charge >= 0.3 is 0 Å². The van der Waals surface area contributed by atoms with Crippen molar-refractivity contribution in [2.24, 2.45) is 7.05 Å². The number of aromatic nitrogens is 2. The van der Waals surface area contributed by atoms with Crippen LogP contribution < -0.4 is 5.32 Å². The SMILES string of the molecule is CCCNC(c1ccn(C)n1)C1CSc2ccccc21. The predicted octanol–water partition coefficient (Wildman–Crippen LogP) is 3.35. The van der Waals surface area contributed by atoms with Gasteiger partial charge in [0.15, 0.2) is 0 Å². The first-order chi connectivity index (χ1) is 9.79. The van der Waals surface area contributed by atoms with Crippen molar-refractivity contribution < 1.29 is 0 Å². The normalized spacial score (nSPS) is 19.0. The second-order valence-electron chi connectivity index (χ2n) is 5.30. The first kappa shape index (κ1) is 13.7. The summed E-state index contributed by atoms with van der Waals surface area (Å²) in [7, 11) is 1.98. The molecule has 0 spiro atoms. The fourth-order valence-electron chi connectivity index (χ4n) is 2.82. The highest BCUT2D eigenvalue weighted by atomic mass is 32.2. The number of hydrogen-bond donors (Lipinski definition) is 1. The van der Waals surface area contributed by atoms with Crippen LogP contribution >= 0.6 is 11.8 Å². The monoisotopic (exact) mass is 287 g/mol. The minimum atomic E-state index is 0.312. The first-order valence-corrected chi connectivity index (χ1v) is 8.23. The van der Waals surface area contributed by atoms with Crippen LogP contribution in [0.2, 0.25) is 0 Å². The van der Waals surface area contributed by atoms with Crippen molar-refractivity contribution in [3.8, 4) is 0 Å². The van der Waals surface area contributed by atoms with Gasteiger partial charge in [0.25, 0.3) is 0 Å². The molecule has 2 aromatic rings. The van der Waals surface area contributed by atoms with E-state index in [0.717, 1.165) is 24.4 Å². The Morgan fingerprint density at radius 1 is 1.40 bits per heavy atom. The molecule has 1 aromatic heterocycles. The van der Waals surface area contributed by atoms with E-state index in [-0.39, 0.29) is 0 Å². The lowest BCUT2D eigenvalue weighted by molar-refractivity contribution is 0.457. The Bertz CT molecular complexity index is 579. The van der Waals surface area contributed by atoms with Gasteiger partial charge in [0.05, 0.1) is 11.7 Å². The predicted molar refractivity (Wildman–Crippen MR) is 84.1 cm³/mol. The topological polar surface area (TPSA) is 29.9 Å². The van der Waals surface area contributed by atoms with Crippen molar-refractivity contribution in [1.29, 1.82) is 0 Å². The average molecular weight is 287 g/mol. The van der Waals surface area contributed by atoms with E-state index >= 15 is 0 Å². The molecular formula is C16H21N3S. The van der Waals surface area contributed by atoms with Gasteiger partial charge in [-0.1, -0.05) is 25.1 Å². The standard InChI is InChI=1S/C16H21N3S/c1-3-9-17-16(14-8-10-19(2)18-14)13-11-20-15-7-5-4-6-12(13)15/h4-8,10,13,16-17H,3,9,11H2,1-2H3. The van der Waals surface area contributed by atoms with Gasteiger partial charge in [0, 0.05) is 29.8 Å². The number of rotatable bonds is 5. The molecule has 2 atom stereocenters. The summed E-state index contributed by atoms with van der Waals surface area (Å²) in [5, 5.41) is 8.32. The molecule has 0 aliphatic carbocycles. The largest absolute Gasteiger partial charge is 0.308 e. The smallest absolute Gasteiger partial charge is 0.0800 e. The Hall–Kier alpha value is -1.26. The maximum absolute atomic E-state index is 4.63. The van der Waals surface area contributed by atoms with Gasteiger partial charge in [-0.15, -0.1) is 11.8 Å². The highest BCUT2D eigenvalue weighted by Crippen LogP contribution is 2.45. The zero-order valence-corrected chi connectivity index (χ0v) is 12.9. The summed E-state index contributed by atoms with van der Waals surface area (Å²) >= 11 is 1.96. The van der Waals surface area contributed by atoms with Crippen LogP contribution in [-0.4, -0.2) is 22.1 Å². The molecule has 4 heteroatoms. The van der Waals surface area contributed by atoms with Crippen LogP contribution in [0.3, 0.4) is 0 Å². The lowest BCUT2D eigenvalue weighted by atomic mass is 9.91. The Labute approximate surface area is 124 Å². The molecule has 3 nitrogen and oxygen atoms in total. The van der Waals surface area contributed by atoms with Crippen molar-refractivity contribution in [3.63, 3.8) is 0 Å². The Morgan fingerprint density at radius 3 is 3.00 bits per heavy atom. The molecule has 3 rings (SSSR count). The van der Waals surface area contributed by atoms with E-state index < -0.39 is 0 Å². The minimum absolute atomic E-state index is 0.312. The molecule has 106 valence electrons. The molecule has 0 amide bonds. The molecule has 2 unspecified atom stereocenters. The van der Waals surface area contributed by atoms with E-state index in [4.69, 9.17) is 0 Å². The maximum atomic E-state index is 4.63. The van der Waals surface area contributed by atoms with Gasteiger partial charge in [-0.3, -0.25) is 4.68 Å². The van der Waals surface area contributed by atoms with Crippen LogP contribution in [0.4, 0.5) is 0 Å². The third kappa shape index (κ3) is 2.63. The van der Waals surface area contributed by atoms with Gasteiger partial charge in [-0.05, 0) is 30.7 Å². The molecule has 0 radical (unpaired) electrons. The van der Waals surface area contributed by atoms with Crippen LogP contribution in [0.25, 0.3) is 0 Å². The van der Waals surface area contributed by atoms with Gasteiger partial charge in [0.2, 0.25) is 0 Å². The van der Waals surface area contributed by atoms with E-state index in [1.807, 2.05) is 29.7 Å². The van der Waals surface area contributed by atoms with Crippen molar-refractivity contribution in [2.75, 3.05) is 12.3 Å². The number of aryl methyl sites for hydroxylation is 1. The molecule has 0 saturated carbocycles. The Morgan fingerprint density at radius 2 is 2.25 bits per heavy atom. The molecule has 1 aliphatic heterocycles. The van der Waals surface area contributed by atoms with Gasteiger partial charge in [-0.25, -0.2) is 0 Å². The number of thioether (sulfide) groups is 1. The molecule has 20 heavy (non-hydrogen) atoms. The molecule has 0 fully saturated rings. The molecule has 1 N–H and O–H groups in total. The number of fused-ring (bicyclic) bond motifs is 1. The fraction of sp³-hybridized carbons (Fsp3) is 0.438. The molecule has 2 heterocycles. The van der Waals surface area contributed by atoms with Gasteiger partial charge < -0.3 is 5.32 Å². The number of nitrogens with zero attached hydrogens (tertiary/aromatic N) is 2. The second-order valence-corrected chi connectivity index (χ2v) is 6.36. The van der Waals surface area contributed by atoms with Crippen LogP contribution in [0.5, 0.6) is 0 Å². The summed E-state index contributed by atoms with van der Waals surface area (Å²) in [4.78, 5) is 1.43. The highest BCUT2D eigenvalue weighted by Gasteiger charge is 2.32. The molecule has 1 aromatic carbocycles. The zero-order chi connectivity index (χ0) is 13.9. The van der Waals surface area contributed by atoms with E-state index in [1.165, 1.54) is 10.5 Å². The summed E-state index contributed by atoms with van der Waals surface area (Å²) in [5.74, 6) is 1.65. The second kappa shape index (κ2) is 6.02. The van der Waals surface area contributed by atoms with Crippen molar-refractivity contribution in [3.05, 3.63) is 47.8 Å². The van der Waals surface area contributed by atoms with Gasteiger partial charge in [-0.2, -0.15) is 5.10 Å². The van der Waals surface area contributed by atoms with Crippen molar-refractivity contribution in [2.45, 2.75) is 30.2 Å². The number of benzene rings is 1. The quantitative estimate of drug-likeness (QED) is 0.914. The maximum Gasteiger partial charge on any atom is 0.0800 e. The van der Waals surface area contributed by atoms with Crippen LogP contribution in [-0.2, 0) is 7.05 Å². The summed E-state index contributed by atoms with van der Waals surface area (Å²) in [6.45, 7) is 3.24. The summed E-state index contributed by atoms with van der Waals surface area (Å²) in [6, 6.07) is 11.2. The van der Waals surface area contributed by atoms with Crippen LogP contribution in [0, 0.1) is 0 Å². The van der Waals surface area contributed by atoms with Crippen molar-refractivity contribution in [1.82, 2.24) is 15.1 Å². The molecular weight excluding hydrogens is 266 g/mol. The highest BCUT2D eigenvalue weighted by molar-refractivity contribution is 7.99. The van der Waals surface area contributed by atoms with E-state index in [1.54, 1.807) is 0 Å². The lowest BCUT2D eigenvalue weighted by Gasteiger charge is -2.23. The minimum Gasteiger partial charge on any atom is -0.308 e. The molecule has 0 saturated heterocycles. The number of nitrogens with one attached hydrogen (secondary N) is 1. The molecule has 1 aliphatic rings. The molecule has 0 bridgehead atoms. The van der Waals surface area contributed by atoms with E-state index in [0.29, 0.717) is 12.0 Å². The third-order valence-corrected chi connectivity index (χ3v) is 5.01. The van der Waals surface area contributed by atoms with Crippen molar-refractivity contribution >= 4 is 11.8 Å². The fourth-order valence-corrected chi connectivity index (χ4v) is 4.11. The summed E-state index contributed by atoms with van der Waals surface area (Å²) in [6.07, 6.45) is 3.18. The average Bonchev–Trinajstić information content (AvgIpc) is 3.07. The van der Waals surface area contributed by atoms with E-state index in [2.05, 4.69) is 47.7 Å². The lowest BCUT2D eigenvalue weighted by Crippen LogP contribution is -2.28. The number of hydrogen-bond acceptors (Lipinski definition) is 3. The summed E-state index contributed by atoms with van der Waals surface area (Å²) in [5.41, 5.74) is 2.63. The zero-order valence-electron chi connectivity index (χ0n) is 12.0. The summed E-state index contributed by atoms with van der Waals surface area (Å²) < 4.78 is 1.89.